The number of likely N-dealkylation sites (tertiary alicyclic amines) is 2. The Morgan fingerprint density at radius 2 is 1.63 bits per heavy atom. The highest BCUT2D eigenvalue weighted by atomic mass is 16.5. The fraction of sp³-hybridized carbons (Fsp3) is 0.571. The van der Waals surface area contributed by atoms with Crippen LogP contribution < -0.4 is 4.74 Å². The summed E-state index contributed by atoms with van der Waals surface area (Å²) in [7, 11) is 1.63. The van der Waals surface area contributed by atoms with Gasteiger partial charge in [-0.1, -0.05) is 25.0 Å². The third kappa shape index (κ3) is 3.22. The van der Waals surface area contributed by atoms with Gasteiger partial charge in [-0.25, -0.2) is 0 Å². The second-order valence-corrected chi connectivity index (χ2v) is 7.78. The molecule has 0 spiro atoms. The van der Waals surface area contributed by atoms with Crippen molar-refractivity contribution in [1.82, 2.24) is 9.80 Å². The number of imide groups is 1. The number of hydrogen-bond acceptors (Lipinski definition) is 4. The number of amides is 3. The molecule has 6 heteroatoms. The molecule has 2 aliphatic heterocycles. The first kappa shape index (κ1) is 18.0. The van der Waals surface area contributed by atoms with Crippen LogP contribution in [-0.4, -0.2) is 47.7 Å². The molecular weight excluding hydrogens is 344 g/mol. The third-order valence-electron chi connectivity index (χ3n) is 6.30. The molecule has 144 valence electrons. The minimum absolute atomic E-state index is 0.00140. The SMILES string of the molecule is COc1ccc([C@@H]2CCCN2C(=O)CN2C(=O)[C@@H]3CCCC[C@H]3C2=O)cc1. The molecule has 2 saturated heterocycles. The van der Waals surface area contributed by atoms with E-state index in [1.54, 1.807) is 7.11 Å². The van der Waals surface area contributed by atoms with Crippen LogP contribution in [0.15, 0.2) is 24.3 Å². The van der Waals surface area contributed by atoms with Gasteiger partial charge >= 0.3 is 0 Å². The molecule has 0 aromatic heterocycles. The van der Waals surface area contributed by atoms with Crippen LogP contribution >= 0.6 is 0 Å². The van der Waals surface area contributed by atoms with Gasteiger partial charge in [-0.3, -0.25) is 19.3 Å². The number of rotatable bonds is 4. The summed E-state index contributed by atoms with van der Waals surface area (Å²) < 4.78 is 5.20. The number of nitrogens with zero attached hydrogens (tertiary/aromatic N) is 2. The molecule has 6 nitrogen and oxygen atoms in total. The number of fused-ring (bicyclic) bond motifs is 1. The zero-order valence-corrected chi connectivity index (χ0v) is 15.7. The Kier molecular flexibility index (Phi) is 4.89. The van der Waals surface area contributed by atoms with Crippen LogP contribution in [-0.2, 0) is 14.4 Å². The van der Waals surface area contributed by atoms with Crippen molar-refractivity contribution in [1.29, 1.82) is 0 Å². The van der Waals surface area contributed by atoms with Crippen molar-refractivity contribution < 1.29 is 19.1 Å². The van der Waals surface area contributed by atoms with Crippen LogP contribution in [0.4, 0.5) is 0 Å². The summed E-state index contributed by atoms with van der Waals surface area (Å²) in [6.45, 7) is 0.552. The molecule has 0 N–H and O–H groups in total. The molecule has 27 heavy (non-hydrogen) atoms. The van der Waals surface area contributed by atoms with E-state index in [9.17, 15) is 14.4 Å². The van der Waals surface area contributed by atoms with Crippen LogP contribution in [0.1, 0.15) is 50.1 Å². The Bertz CT molecular complexity index is 721. The lowest BCUT2D eigenvalue weighted by atomic mass is 9.81. The zero-order chi connectivity index (χ0) is 19.0. The van der Waals surface area contributed by atoms with Gasteiger partial charge in [-0.2, -0.15) is 0 Å². The lowest BCUT2D eigenvalue weighted by Gasteiger charge is -2.27. The smallest absolute Gasteiger partial charge is 0.243 e. The summed E-state index contributed by atoms with van der Waals surface area (Å²) in [5.74, 6) is -0.0272. The molecule has 3 amide bonds. The predicted octanol–water partition coefficient (Wildman–Crippen LogP) is 2.53. The molecule has 0 radical (unpaired) electrons. The van der Waals surface area contributed by atoms with E-state index >= 15 is 0 Å². The molecule has 1 saturated carbocycles. The molecule has 3 aliphatic rings. The van der Waals surface area contributed by atoms with E-state index in [0.717, 1.165) is 49.8 Å². The van der Waals surface area contributed by atoms with Crippen molar-refractivity contribution in [2.24, 2.45) is 11.8 Å². The molecule has 0 bridgehead atoms. The Hall–Kier alpha value is -2.37. The van der Waals surface area contributed by atoms with E-state index in [0.29, 0.717) is 6.54 Å². The van der Waals surface area contributed by atoms with Gasteiger partial charge in [0.25, 0.3) is 0 Å². The lowest BCUT2D eigenvalue weighted by molar-refractivity contribution is -0.147. The molecule has 2 heterocycles. The first-order valence-electron chi connectivity index (χ1n) is 9.89. The molecule has 3 atom stereocenters. The number of carbonyl (C=O) groups is 3. The summed E-state index contributed by atoms with van der Waals surface area (Å²) in [6.07, 6.45) is 5.36. The molecule has 4 rings (SSSR count). The Labute approximate surface area is 159 Å². The van der Waals surface area contributed by atoms with Gasteiger partial charge in [-0.05, 0) is 43.4 Å². The Morgan fingerprint density at radius 3 is 2.22 bits per heavy atom. The second kappa shape index (κ2) is 7.33. The highest BCUT2D eigenvalue weighted by molar-refractivity contribution is 6.07. The van der Waals surface area contributed by atoms with Crippen LogP contribution in [0, 0.1) is 11.8 Å². The van der Waals surface area contributed by atoms with Crippen LogP contribution in [0.2, 0.25) is 0 Å². The Balaban J connectivity index is 1.47. The van der Waals surface area contributed by atoms with E-state index in [1.165, 1.54) is 4.90 Å². The summed E-state index contributed by atoms with van der Waals surface area (Å²) >= 11 is 0. The maximum Gasteiger partial charge on any atom is 0.243 e. The van der Waals surface area contributed by atoms with Gasteiger partial charge in [0.05, 0.1) is 25.0 Å². The molecular formula is C21H26N2O4. The predicted molar refractivity (Wildman–Crippen MR) is 98.9 cm³/mol. The highest BCUT2D eigenvalue weighted by Gasteiger charge is 2.49. The fourth-order valence-electron chi connectivity index (χ4n) is 4.85. The summed E-state index contributed by atoms with van der Waals surface area (Å²) in [4.78, 5) is 41.3. The van der Waals surface area contributed by atoms with Gasteiger partial charge in [0.15, 0.2) is 0 Å². The number of benzene rings is 1. The van der Waals surface area contributed by atoms with E-state index in [2.05, 4.69) is 0 Å². The fourth-order valence-corrected chi connectivity index (χ4v) is 4.85. The molecule has 1 aromatic rings. The van der Waals surface area contributed by atoms with Crippen molar-refractivity contribution in [2.75, 3.05) is 20.2 Å². The molecule has 3 fully saturated rings. The van der Waals surface area contributed by atoms with Gasteiger partial charge in [-0.15, -0.1) is 0 Å². The minimum Gasteiger partial charge on any atom is -0.497 e. The number of methoxy groups -OCH3 is 1. The zero-order valence-electron chi connectivity index (χ0n) is 15.7. The quantitative estimate of drug-likeness (QED) is 0.764. The first-order chi connectivity index (χ1) is 13.1. The number of carbonyl (C=O) groups excluding carboxylic acids is 3. The topological polar surface area (TPSA) is 66.9 Å². The second-order valence-electron chi connectivity index (χ2n) is 7.78. The van der Waals surface area contributed by atoms with Gasteiger partial charge in [0.1, 0.15) is 12.3 Å². The minimum atomic E-state index is -0.199. The third-order valence-corrected chi connectivity index (χ3v) is 6.30. The lowest BCUT2D eigenvalue weighted by Crippen LogP contribution is -2.43. The van der Waals surface area contributed by atoms with Crippen molar-refractivity contribution in [3.63, 3.8) is 0 Å². The first-order valence-corrected chi connectivity index (χ1v) is 9.89. The number of ether oxygens (including phenoxy) is 1. The summed E-state index contributed by atoms with van der Waals surface area (Å²) in [5, 5.41) is 0. The van der Waals surface area contributed by atoms with Crippen LogP contribution in [0.5, 0.6) is 5.75 Å². The summed E-state index contributed by atoms with van der Waals surface area (Å²) in [5.41, 5.74) is 1.06. The van der Waals surface area contributed by atoms with Gasteiger partial charge in [0, 0.05) is 6.54 Å². The average molecular weight is 370 g/mol. The normalized spacial score (nSPS) is 27.8. The van der Waals surface area contributed by atoms with Crippen molar-refractivity contribution >= 4 is 17.7 Å². The number of hydrogen-bond donors (Lipinski definition) is 0. The molecule has 0 unspecified atom stereocenters. The highest BCUT2D eigenvalue weighted by Crippen LogP contribution is 2.38. The van der Waals surface area contributed by atoms with Gasteiger partial charge < -0.3 is 9.64 Å². The van der Waals surface area contributed by atoms with E-state index < -0.39 is 0 Å². The van der Waals surface area contributed by atoms with Crippen molar-refractivity contribution in [3.05, 3.63) is 29.8 Å². The maximum atomic E-state index is 13.0. The monoisotopic (exact) mass is 370 g/mol. The van der Waals surface area contributed by atoms with Crippen molar-refractivity contribution in [3.8, 4) is 5.75 Å². The van der Waals surface area contributed by atoms with Crippen LogP contribution in [0.25, 0.3) is 0 Å². The maximum absolute atomic E-state index is 13.0. The van der Waals surface area contributed by atoms with E-state index in [4.69, 9.17) is 4.74 Å². The summed E-state index contributed by atoms with van der Waals surface area (Å²) in [6, 6.07) is 7.76. The van der Waals surface area contributed by atoms with E-state index in [-0.39, 0.29) is 42.1 Å². The average Bonchev–Trinajstić information content (AvgIpc) is 3.28. The molecule has 1 aliphatic carbocycles. The molecule has 1 aromatic carbocycles. The van der Waals surface area contributed by atoms with Gasteiger partial charge in [0.2, 0.25) is 17.7 Å². The standard InChI is InChI=1S/C21H26N2O4/c1-27-15-10-8-14(9-11-15)18-7-4-12-22(18)19(24)13-23-20(25)16-5-2-3-6-17(16)21(23)26/h8-11,16-18H,2-7,12-13H2,1H3/t16-,17-,18+/m1/s1. The van der Waals surface area contributed by atoms with Crippen molar-refractivity contribution in [2.45, 2.75) is 44.6 Å². The largest absolute Gasteiger partial charge is 0.497 e. The Morgan fingerprint density at radius 1 is 1.00 bits per heavy atom. The van der Waals surface area contributed by atoms with E-state index in [1.807, 2.05) is 29.2 Å². The van der Waals surface area contributed by atoms with Crippen LogP contribution in [0.3, 0.4) is 0 Å².